The zero-order valence-electron chi connectivity index (χ0n) is 28.0. The molecule has 12 rings (SSSR count). The maximum atomic E-state index is 6.30. The lowest BCUT2D eigenvalue weighted by atomic mass is 9.48. The standard InChI is InChI=1S/C46H38N2OS/c1-6-12-44-38(7-1)39-22-21-37(26-45(39)50-44)47(34-15-13-33(14-16-34)46-27-30-23-31(28-46)25-32(24-30)29-46)35-17-19-36(20-18-35)48-40-8-2-4-10-42(40)49-43-11-5-3-9-41(43)48/h1-22,26,30-32H,23-25,27-29H2. The van der Waals surface area contributed by atoms with Crippen molar-refractivity contribution in [2.75, 3.05) is 9.80 Å². The first-order valence-electron chi connectivity index (χ1n) is 18.3. The van der Waals surface area contributed by atoms with Crippen LogP contribution in [0.2, 0.25) is 0 Å². The van der Waals surface area contributed by atoms with Crippen LogP contribution >= 0.6 is 11.3 Å². The topological polar surface area (TPSA) is 15.7 Å². The van der Waals surface area contributed by atoms with Crippen molar-refractivity contribution in [2.24, 2.45) is 17.8 Å². The highest BCUT2D eigenvalue weighted by Crippen LogP contribution is 2.61. The van der Waals surface area contributed by atoms with Gasteiger partial charge in [0.05, 0.1) is 11.4 Å². The molecule has 0 N–H and O–H groups in total. The number of hydrogen-bond acceptors (Lipinski definition) is 4. The number of nitrogens with zero attached hydrogens (tertiary/aromatic N) is 2. The molecule has 0 spiro atoms. The smallest absolute Gasteiger partial charge is 0.151 e. The Morgan fingerprint density at radius 3 is 1.74 bits per heavy atom. The second-order valence-corrected chi connectivity index (χ2v) is 16.3. The van der Waals surface area contributed by atoms with Crippen LogP contribution in [0.3, 0.4) is 0 Å². The number of benzene rings is 6. The maximum absolute atomic E-state index is 6.30. The second-order valence-electron chi connectivity index (χ2n) is 15.2. The molecule has 244 valence electrons. The highest BCUT2D eigenvalue weighted by molar-refractivity contribution is 7.25. The van der Waals surface area contributed by atoms with Crippen molar-refractivity contribution in [3.63, 3.8) is 0 Å². The summed E-state index contributed by atoms with van der Waals surface area (Å²) in [6.07, 6.45) is 8.59. The van der Waals surface area contributed by atoms with Crippen molar-refractivity contribution in [1.29, 1.82) is 0 Å². The molecule has 4 heteroatoms. The predicted molar refractivity (Wildman–Crippen MR) is 209 cm³/mol. The van der Waals surface area contributed by atoms with Crippen LogP contribution in [0.1, 0.15) is 44.1 Å². The average Bonchev–Trinajstić information content (AvgIpc) is 3.52. The van der Waals surface area contributed by atoms with Gasteiger partial charge in [-0.1, -0.05) is 60.7 Å². The summed E-state index contributed by atoms with van der Waals surface area (Å²) in [5.74, 6) is 4.55. The molecule has 50 heavy (non-hydrogen) atoms. The van der Waals surface area contributed by atoms with E-state index in [1.165, 1.54) is 70.1 Å². The van der Waals surface area contributed by atoms with Crippen LogP contribution in [0.4, 0.5) is 34.1 Å². The van der Waals surface area contributed by atoms with E-state index in [0.29, 0.717) is 5.41 Å². The molecule has 5 aliphatic rings. The van der Waals surface area contributed by atoms with Gasteiger partial charge < -0.3 is 14.5 Å². The minimum atomic E-state index is 0.389. The Hall–Kier alpha value is -5.06. The molecule has 2 heterocycles. The first kappa shape index (κ1) is 28.7. The van der Waals surface area contributed by atoms with Gasteiger partial charge in [0, 0.05) is 42.9 Å². The quantitative estimate of drug-likeness (QED) is 0.182. The molecule has 4 aliphatic carbocycles. The van der Waals surface area contributed by atoms with Gasteiger partial charge in [-0.05, 0) is 146 Å². The van der Waals surface area contributed by atoms with Crippen molar-refractivity contribution in [2.45, 2.75) is 43.9 Å². The maximum Gasteiger partial charge on any atom is 0.151 e. The number of fused-ring (bicyclic) bond motifs is 5. The summed E-state index contributed by atoms with van der Waals surface area (Å²) < 4.78 is 8.95. The molecular formula is C46H38N2OS. The van der Waals surface area contributed by atoms with Crippen molar-refractivity contribution < 1.29 is 4.74 Å². The van der Waals surface area contributed by atoms with E-state index in [0.717, 1.165) is 52.0 Å². The van der Waals surface area contributed by atoms with Gasteiger partial charge in [-0.25, -0.2) is 0 Å². The van der Waals surface area contributed by atoms with Crippen molar-refractivity contribution >= 4 is 65.6 Å². The van der Waals surface area contributed by atoms with Gasteiger partial charge in [0.1, 0.15) is 0 Å². The number of ether oxygens (including phenoxy) is 1. The molecular weight excluding hydrogens is 629 g/mol. The first-order valence-corrected chi connectivity index (χ1v) is 19.1. The summed E-state index contributed by atoms with van der Waals surface area (Å²) >= 11 is 1.88. The fourth-order valence-corrected chi connectivity index (χ4v) is 11.6. The molecule has 6 aromatic carbocycles. The highest BCUT2D eigenvalue weighted by atomic mass is 32.1. The summed E-state index contributed by atoms with van der Waals surface area (Å²) in [6.45, 7) is 0. The Bertz CT molecular complexity index is 2330. The summed E-state index contributed by atoms with van der Waals surface area (Å²) in [5.41, 5.74) is 8.69. The summed E-state index contributed by atoms with van der Waals surface area (Å²) in [5, 5.41) is 2.66. The summed E-state index contributed by atoms with van der Waals surface area (Å²) in [4.78, 5) is 4.75. The molecule has 4 saturated carbocycles. The minimum Gasteiger partial charge on any atom is -0.453 e. The van der Waals surface area contributed by atoms with Crippen LogP contribution in [0.15, 0.2) is 140 Å². The first-order chi connectivity index (χ1) is 24.7. The number of rotatable bonds is 5. The molecule has 4 fully saturated rings. The Balaban J connectivity index is 1.01. The zero-order chi connectivity index (χ0) is 32.8. The fourth-order valence-electron chi connectivity index (χ4n) is 10.5. The van der Waals surface area contributed by atoms with Gasteiger partial charge in [-0.15, -0.1) is 11.3 Å². The van der Waals surface area contributed by atoms with Crippen LogP contribution in [0.5, 0.6) is 11.5 Å². The fraction of sp³-hybridized carbons (Fsp3) is 0.217. The predicted octanol–water partition coefficient (Wildman–Crippen LogP) is 13.6. The SMILES string of the molecule is c1ccc2c(c1)Oc1ccccc1N2c1ccc(N(c2ccc(C34CC5CC(CC(C5)C3)C4)cc2)c2ccc3c(c2)sc2ccccc23)cc1. The molecule has 4 bridgehead atoms. The molecule has 0 radical (unpaired) electrons. The zero-order valence-corrected chi connectivity index (χ0v) is 28.8. The van der Waals surface area contributed by atoms with Crippen LogP contribution in [-0.2, 0) is 5.41 Å². The van der Waals surface area contributed by atoms with E-state index in [9.17, 15) is 0 Å². The second kappa shape index (κ2) is 11.0. The lowest BCUT2D eigenvalue weighted by molar-refractivity contribution is -0.00518. The van der Waals surface area contributed by atoms with Gasteiger partial charge >= 0.3 is 0 Å². The Kier molecular flexibility index (Phi) is 6.31. The average molecular weight is 667 g/mol. The Morgan fingerprint density at radius 2 is 1.08 bits per heavy atom. The van der Waals surface area contributed by atoms with Crippen LogP contribution in [0.25, 0.3) is 20.2 Å². The molecule has 1 aromatic heterocycles. The van der Waals surface area contributed by atoms with Crippen molar-refractivity contribution in [3.05, 3.63) is 145 Å². The Morgan fingerprint density at radius 1 is 0.540 bits per heavy atom. The van der Waals surface area contributed by atoms with Gasteiger partial charge in [0.15, 0.2) is 11.5 Å². The molecule has 0 unspecified atom stereocenters. The number of thiophene rings is 1. The van der Waals surface area contributed by atoms with Crippen LogP contribution < -0.4 is 14.5 Å². The third-order valence-corrected chi connectivity index (χ3v) is 13.3. The van der Waals surface area contributed by atoms with E-state index < -0.39 is 0 Å². The minimum absolute atomic E-state index is 0.389. The normalized spacial score (nSPS) is 23.1. The molecule has 0 saturated heterocycles. The molecule has 3 nitrogen and oxygen atoms in total. The number of hydrogen-bond donors (Lipinski definition) is 0. The molecule has 7 aromatic rings. The summed E-state index contributed by atoms with van der Waals surface area (Å²) in [7, 11) is 0. The number of para-hydroxylation sites is 4. The third-order valence-electron chi connectivity index (χ3n) is 12.2. The monoisotopic (exact) mass is 666 g/mol. The molecule has 0 amide bonds. The summed E-state index contributed by atoms with van der Waals surface area (Å²) in [6, 6.07) is 51.2. The van der Waals surface area contributed by atoms with Gasteiger partial charge in [0.25, 0.3) is 0 Å². The van der Waals surface area contributed by atoms with E-state index in [1.807, 2.05) is 35.6 Å². The largest absolute Gasteiger partial charge is 0.453 e. The van der Waals surface area contributed by atoms with E-state index in [2.05, 4.69) is 125 Å². The van der Waals surface area contributed by atoms with E-state index in [-0.39, 0.29) is 0 Å². The molecule has 0 atom stereocenters. The van der Waals surface area contributed by atoms with Crippen molar-refractivity contribution in [1.82, 2.24) is 0 Å². The van der Waals surface area contributed by atoms with Gasteiger partial charge in [-0.3, -0.25) is 0 Å². The van der Waals surface area contributed by atoms with E-state index >= 15 is 0 Å². The van der Waals surface area contributed by atoms with E-state index in [4.69, 9.17) is 4.74 Å². The lowest BCUT2D eigenvalue weighted by Gasteiger charge is -2.57. The van der Waals surface area contributed by atoms with Gasteiger partial charge in [-0.2, -0.15) is 0 Å². The number of anilines is 6. The Labute approximate surface area is 297 Å². The van der Waals surface area contributed by atoms with E-state index in [1.54, 1.807) is 5.56 Å². The highest BCUT2D eigenvalue weighted by Gasteiger charge is 2.51. The molecule has 1 aliphatic heterocycles. The van der Waals surface area contributed by atoms with Gasteiger partial charge in [0.2, 0.25) is 0 Å². The third kappa shape index (κ3) is 4.47. The van der Waals surface area contributed by atoms with Crippen LogP contribution in [-0.4, -0.2) is 0 Å². The lowest BCUT2D eigenvalue weighted by Crippen LogP contribution is -2.48. The van der Waals surface area contributed by atoms with Crippen LogP contribution in [0, 0.1) is 17.8 Å². The van der Waals surface area contributed by atoms with Crippen molar-refractivity contribution in [3.8, 4) is 11.5 Å².